The van der Waals surface area contributed by atoms with E-state index in [4.69, 9.17) is 18.5 Å². The Morgan fingerprint density at radius 3 is 1.58 bits per heavy atom. The monoisotopic (exact) mass is 705 g/mol. The zero-order valence-electron chi connectivity index (χ0n) is 32.2. The van der Waals surface area contributed by atoms with Crippen LogP contribution in [0.25, 0.3) is 0 Å². The highest BCUT2D eigenvalue weighted by molar-refractivity contribution is 7.47. The van der Waals surface area contributed by atoms with Crippen LogP contribution in [0.5, 0.6) is 0 Å². The Hall–Kier alpha value is -0.760. The van der Waals surface area contributed by atoms with Crippen molar-refractivity contribution in [2.24, 2.45) is 0 Å². The molecule has 9 heteroatoms. The molecule has 0 saturated heterocycles. The maximum absolute atomic E-state index is 12.6. The van der Waals surface area contributed by atoms with Crippen LogP contribution in [0.15, 0.2) is 12.2 Å². The molecule has 0 bridgehead atoms. The Balaban J connectivity index is 4.21. The molecule has 0 aromatic carbocycles. The van der Waals surface area contributed by atoms with E-state index in [0.29, 0.717) is 24.1 Å². The van der Waals surface area contributed by atoms with E-state index in [9.17, 15) is 14.3 Å². The molecule has 286 valence electrons. The second-order valence-electron chi connectivity index (χ2n) is 14.7. The zero-order valence-corrected chi connectivity index (χ0v) is 33.1. The summed E-state index contributed by atoms with van der Waals surface area (Å²) in [5.41, 5.74) is 0. The average Bonchev–Trinajstić information content (AvgIpc) is 3.03. The predicted octanol–water partition coefficient (Wildman–Crippen LogP) is 11.1. The van der Waals surface area contributed by atoms with Crippen molar-refractivity contribution in [1.29, 1.82) is 0 Å². The van der Waals surface area contributed by atoms with Gasteiger partial charge in [-0.3, -0.25) is 13.8 Å². The van der Waals surface area contributed by atoms with Crippen molar-refractivity contribution in [1.82, 2.24) is 0 Å². The largest absolute Gasteiger partial charge is 0.472 e. The molecule has 2 unspecified atom stereocenters. The molecule has 0 radical (unpaired) electrons. The Morgan fingerprint density at radius 1 is 0.625 bits per heavy atom. The minimum atomic E-state index is -4.26. The van der Waals surface area contributed by atoms with Crippen LogP contribution >= 0.6 is 7.82 Å². The molecule has 2 atom stereocenters. The number of phosphoric ester groups is 1. The zero-order chi connectivity index (χ0) is 35.6. The lowest BCUT2D eigenvalue weighted by Crippen LogP contribution is -2.37. The summed E-state index contributed by atoms with van der Waals surface area (Å²) in [4.78, 5) is 22.7. The van der Waals surface area contributed by atoms with E-state index in [-0.39, 0.29) is 25.8 Å². The fraction of sp³-hybridized carbons (Fsp3) is 0.923. The molecule has 0 aliphatic rings. The Morgan fingerprint density at radius 2 is 1.08 bits per heavy atom. The lowest BCUT2D eigenvalue weighted by Gasteiger charge is -2.24. The van der Waals surface area contributed by atoms with Gasteiger partial charge in [-0.1, -0.05) is 142 Å². The van der Waals surface area contributed by atoms with Gasteiger partial charge in [0.05, 0.1) is 34.4 Å². The maximum atomic E-state index is 12.6. The molecule has 0 aliphatic carbocycles. The van der Waals surface area contributed by atoms with E-state index in [0.717, 1.165) is 32.1 Å². The predicted molar refractivity (Wildman–Crippen MR) is 201 cm³/mol. The van der Waals surface area contributed by atoms with Gasteiger partial charge in [0.2, 0.25) is 0 Å². The minimum absolute atomic E-state index is 0.0901. The quantitative estimate of drug-likeness (QED) is 0.0226. The number of hydrogen-bond donors (Lipinski definition) is 1. The standard InChI is InChI=1S/C39H78NO7P/c1-6-8-10-12-14-16-17-18-19-20-21-22-23-25-27-29-31-34-44-36-38(37-46-48(42,43)45-35-33-40(3,4)5)47-39(41)32-30-28-26-24-15-13-11-9-7-2/h19-20,38H,6-18,21-37H2,1-5H3/p+1/b20-19-. The molecule has 0 spiro atoms. The summed E-state index contributed by atoms with van der Waals surface area (Å²) in [7, 11) is 1.67. The summed E-state index contributed by atoms with van der Waals surface area (Å²) in [5, 5.41) is 0. The Bertz CT molecular complexity index is 787. The molecule has 0 saturated carbocycles. The van der Waals surface area contributed by atoms with Gasteiger partial charge in [-0.05, 0) is 38.5 Å². The smallest absolute Gasteiger partial charge is 0.457 e. The van der Waals surface area contributed by atoms with Crippen LogP contribution in [-0.4, -0.2) is 75.6 Å². The van der Waals surface area contributed by atoms with Gasteiger partial charge >= 0.3 is 13.8 Å². The van der Waals surface area contributed by atoms with Crippen molar-refractivity contribution >= 4 is 13.8 Å². The Labute approximate surface area is 297 Å². The van der Waals surface area contributed by atoms with Gasteiger partial charge in [-0.25, -0.2) is 4.57 Å². The van der Waals surface area contributed by atoms with Crippen LogP contribution in [0.1, 0.15) is 174 Å². The number of hydrogen-bond acceptors (Lipinski definition) is 6. The molecule has 0 rings (SSSR count). The van der Waals surface area contributed by atoms with E-state index < -0.39 is 13.9 Å². The second kappa shape index (κ2) is 33.4. The molecular weight excluding hydrogens is 625 g/mol. The number of carbonyl (C=O) groups is 1. The van der Waals surface area contributed by atoms with Gasteiger partial charge < -0.3 is 18.9 Å². The maximum Gasteiger partial charge on any atom is 0.472 e. The average molecular weight is 705 g/mol. The summed E-state index contributed by atoms with van der Waals surface area (Å²) in [6, 6.07) is 0. The lowest BCUT2D eigenvalue weighted by atomic mass is 10.1. The normalized spacial score (nSPS) is 14.0. The number of esters is 1. The first-order chi connectivity index (χ1) is 23.1. The number of rotatable bonds is 37. The third-order valence-electron chi connectivity index (χ3n) is 8.58. The first kappa shape index (κ1) is 47.2. The van der Waals surface area contributed by atoms with Crippen LogP contribution in [0.2, 0.25) is 0 Å². The summed E-state index contributed by atoms with van der Waals surface area (Å²) in [5.74, 6) is -0.318. The molecule has 0 aliphatic heterocycles. The van der Waals surface area contributed by atoms with Crippen LogP contribution in [0.4, 0.5) is 0 Å². The van der Waals surface area contributed by atoms with Crippen molar-refractivity contribution in [2.75, 3.05) is 54.1 Å². The Kier molecular flexibility index (Phi) is 32.9. The molecule has 8 nitrogen and oxygen atoms in total. The highest BCUT2D eigenvalue weighted by atomic mass is 31.2. The van der Waals surface area contributed by atoms with Gasteiger partial charge in [0, 0.05) is 13.0 Å². The van der Waals surface area contributed by atoms with E-state index >= 15 is 0 Å². The number of phosphoric acid groups is 1. The SMILES string of the molecule is CCCCCCCCC/C=C\CCCCCCCCOCC(COP(=O)(O)OCC[N+](C)(C)C)OC(=O)CCCCCCCCCCC. The number of likely N-dealkylation sites (N-methyl/N-ethyl adjacent to an activating group) is 1. The van der Waals surface area contributed by atoms with Crippen LogP contribution in [0.3, 0.4) is 0 Å². The second-order valence-corrected chi connectivity index (χ2v) is 16.1. The number of carbonyl (C=O) groups excluding carboxylic acids is 1. The highest BCUT2D eigenvalue weighted by Crippen LogP contribution is 2.43. The molecule has 48 heavy (non-hydrogen) atoms. The summed E-state index contributed by atoms with van der Waals surface area (Å²) in [6.45, 7) is 5.60. The lowest BCUT2D eigenvalue weighted by molar-refractivity contribution is -0.870. The molecule has 0 amide bonds. The van der Waals surface area contributed by atoms with Crippen LogP contribution in [0, 0.1) is 0 Å². The third-order valence-corrected chi connectivity index (χ3v) is 9.56. The number of unbranched alkanes of at least 4 members (excludes halogenated alkanes) is 21. The first-order valence-corrected chi connectivity index (χ1v) is 21.4. The van der Waals surface area contributed by atoms with Gasteiger partial charge in [0.25, 0.3) is 0 Å². The third kappa shape index (κ3) is 36.5. The van der Waals surface area contributed by atoms with E-state index in [2.05, 4.69) is 26.0 Å². The van der Waals surface area contributed by atoms with Gasteiger partial charge in [0.1, 0.15) is 19.3 Å². The van der Waals surface area contributed by atoms with E-state index in [1.54, 1.807) is 0 Å². The summed E-state index contributed by atoms with van der Waals surface area (Å²) in [6.07, 6.45) is 33.8. The number of ether oxygens (including phenoxy) is 2. The summed E-state index contributed by atoms with van der Waals surface area (Å²) < 4.78 is 34.8. The molecule has 0 heterocycles. The van der Waals surface area contributed by atoms with Crippen molar-refractivity contribution < 1.29 is 37.3 Å². The molecule has 0 fully saturated rings. The molecule has 0 aromatic heterocycles. The molecule has 0 aromatic rings. The van der Waals surface area contributed by atoms with Crippen LogP contribution < -0.4 is 0 Å². The van der Waals surface area contributed by atoms with Gasteiger partial charge in [-0.15, -0.1) is 0 Å². The fourth-order valence-electron chi connectivity index (χ4n) is 5.43. The highest BCUT2D eigenvalue weighted by Gasteiger charge is 2.26. The molecule has 1 N–H and O–H groups in total. The van der Waals surface area contributed by atoms with E-state index in [1.807, 2.05) is 21.1 Å². The topological polar surface area (TPSA) is 91.3 Å². The number of quaternary nitrogens is 1. The van der Waals surface area contributed by atoms with Crippen LogP contribution in [-0.2, 0) is 27.9 Å². The van der Waals surface area contributed by atoms with Gasteiger partial charge in [0.15, 0.2) is 0 Å². The number of nitrogens with zero attached hydrogens (tertiary/aromatic N) is 1. The first-order valence-electron chi connectivity index (χ1n) is 19.9. The number of allylic oxidation sites excluding steroid dienone is 2. The fourth-order valence-corrected chi connectivity index (χ4v) is 6.17. The van der Waals surface area contributed by atoms with Crippen molar-refractivity contribution in [3.8, 4) is 0 Å². The van der Waals surface area contributed by atoms with Crippen molar-refractivity contribution in [3.05, 3.63) is 12.2 Å². The molecular formula is C39H79NO7P+. The summed E-state index contributed by atoms with van der Waals surface area (Å²) >= 11 is 0. The minimum Gasteiger partial charge on any atom is -0.457 e. The van der Waals surface area contributed by atoms with Crippen molar-refractivity contribution in [2.45, 2.75) is 180 Å². The van der Waals surface area contributed by atoms with Crippen molar-refractivity contribution in [3.63, 3.8) is 0 Å². The van der Waals surface area contributed by atoms with Gasteiger partial charge in [-0.2, -0.15) is 0 Å². The van der Waals surface area contributed by atoms with E-state index in [1.165, 1.54) is 122 Å².